The fourth-order valence-electron chi connectivity index (χ4n) is 2.98. The van der Waals surface area contributed by atoms with Crippen LogP contribution in [0.5, 0.6) is 0 Å². The second-order valence-corrected chi connectivity index (χ2v) is 6.21. The lowest BCUT2D eigenvalue weighted by Gasteiger charge is -2.35. The van der Waals surface area contributed by atoms with Crippen molar-refractivity contribution in [1.29, 1.82) is 0 Å². The highest BCUT2D eigenvalue weighted by atomic mass is 16.2. The van der Waals surface area contributed by atoms with Gasteiger partial charge in [-0.15, -0.1) is 0 Å². The Bertz CT molecular complexity index is 253. The van der Waals surface area contributed by atoms with Crippen molar-refractivity contribution in [2.75, 3.05) is 13.1 Å². The molecule has 0 aromatic heterocycles. The molecule has 3 heteroatoms. The molecule has 0 saturated carbocycles. The number of nitrogens with zero attached hydrogens (tertiary/aromatic N) is 1. The molecule has 1 heterocycles. The number of nitrogens with one attached hydrogen (secondary N) is 1. The SMILES string of the molecule is CCC(CC)N(CC(C)C)C(=O)C1CCCCCN1. The van der Waals surface area contributed by atoms with Gasteiger partial charge in [0.2, 0.25) is 5.91 Å². The van der Waals surface area contributed by atoms with E-state index in [9.17, 15) is 4.79 Å². The molecule has 0 radical (unpaired) electrons. The molecule has 1 N–H and O–H groups in total. The van der Waals surface area contributed by atoms with Crippen LogP contribution in [-0.2, 0) is 4.79 Å². The summed E-state index contributed by atoms with van der Waals surface area (Å²) in [6.07, 6.45) is 6.77. The number of hydrogen-bond donors (Lipinski definition) is 1. The van der Waals surface area contributed by atoms with E-state index < -0.39 is 0 Å². The van der Waals surface area contributed by atoms with Gasteiger partial charge in [-0.1, -0.05) is 40.5 Å². The first kappa shape index (κ1) is 16.5. The van der Waals surface area contributed by atoms with E-state index in [4.69, 9.17) is 0 Å². The lowest BCUT2D eigenvalue weighted by molar-refractivity contribution is -0.136. The highest BCUT2D eigenvalue weighted by molar-refractivity contribution is 5.82. The molecule has 1 amide bonds. The maximum absolute atomic E-state index is 12.8. The normalized spacial score (nSPS) is 20.6. The number of rotatable bonds is 6. The van der Waals surface area contributed by atoms with Crippen LogP contribution in [0.1, 0.15) is 66.2 Å². The molecule has 1 atom stereocenters. The van der Waals surface area contributed by atoms with Gasteiger partial charge < -0.3 is 10.2 Å². The van der Waals surface area contributed by atoms with Crippen molar-refractivity contribution in [2.45, 2.75) is 78.3 Å². The summed E-state index contributed by atoms with van der Waals surface area (Å²) in [6, 6.07) is 0.460. The summed E-state index contributed by atoms with van der Waals surface area (Å²) in [5.74, 6) is 0.875. The van der Waals surface area contributed by atoms with Crippen molar-refractivity contribution in [3.8, 4) is 0 Å². The first-order chi connectivity index (χ1) is 9.10. The van der Waals surface area contributed by atoms with Crippen molar-refractivity contribution < 1.29 is 4.79 Å². The minimum absolute atomic E-state index is 0.0573. The molecule has 0 spiro atoms. The van der Waals surface area contributed by atoms with Gasteiger partial charge in [0.15, 0.2) is 0 Å². The second-order valence-electron chi connectivity index (χ2n) is 6.21. The maximum atomic E-state index is 12.8. The van der Waals surface area contributed by atoms with E-state index in [1.807, 2.05) is 0 Å². The Hall–Kier alpha value is -0.570. The van der Waals surface area contributed by atoms with Crippen molar-refractivity contribution >= 4 is 5.91 Å². The van der Waals surface area contributed by atoms with Crippen LogP contribution in [0.2, 0.25) is 0 Å². The van der Waals surface area contributed by atoms with E-state index in [1.165, 1.54) is 19.3 Å². The van der Waals surface area contributed by atoms with Crippen LogP contribution in [0.15, 0.2) is 0 Å². The Labute approximate surface area is 119 Å². The summed E-state index contributed by atoms with van der Waals surface area (Å²) in [4.78, 5) is 15.0. The third kappa shape index (κ3) is 5.13. The van der Waals surface area contributed by atoms with Gasteiger partial charge in [-0.3, -0.25) is 4.79 Å². The second kappa shape index (κ2) is 8.57. The standard InChI is InChI=1S/C16H32N2O/c1-5-14(6-2)18(12-13(3)4)16(19)15-10-8-7-9-11-17-15/h13-15,17H,5-12H2,1-4H3. The van der Waals surface area contributed by atoms with E-state index in [0.29, 0.717) is 17.9 Å². The first-order valence-electron chi connectivity index (χ1n) is 8.13. The summed E-state index contributed by atoms with van der Waals surface area (Å²) in [5.41, 5.74) is 0. The van der Waals surface area contributed by atoms with Crippen molar-refractivity contribution in [1.82, 2.24) is 10.2 Å². The smallest absolute Gasteiger partial charge is 0.239 e. The molecule has 19 heavy (non-hydrogen) atoms. The highest BCUT2D eigenvalue weighted by Gasteiger charge is 2.28. The Morgan fingerprint density at radius 2 is 1.89 bits per heavy atom. The van der Waals surface area contributed by atoms with Crippen molar-refractivity contribution in [2.24, 2.45) is 5.92 Å². The molecule has 1 aliphatic heterocycles. The molecule has 1 saturated heterocycles. The van der Waals surface area contributed by atoms with Crippen molar-refractivity contribution in [3.63, 3.8) is 0 Å². The maximum Gasteiger partial charge on any atom is 0.239 e. The fourth-order valence-corrected chi connectivity index (χ4v) is 2.98. The molecule has 1 rings (SSSR count). The summed E-state index contributed by atoms with van der Waals surface area (Å²) < 4.78 is 0. The molecule has 0 aliphatic carbocycles. The molecule has 1 fully saturated rings. The number of hydrogen-bond acceptors (Lipinski definition) is 2. The van der Waals surface area contributed by atoms with E-state index in [1.54, 1.807) is 0 Å². The molecular formula is C16H32N2O. The molecule has 1 unspecified atom stereocenters. The van der Waals surface area contributed by atoms with E-state index in [0.717, 1.165) is 32.4 Å². The molecule has 3 nitrogen and oxygen atoms in total. The fraction of sp³-hybridized carbons (Fsp3) is 0.938. The van der Waals surface area contributed by atoms with Crippen LogP contribution in [0.4, 0.5) is 0 Å². The lowest BCUT2D eigenvalue weighted by atomic mass is 10.0. The van der Waals surface area contributed by atoms with Gasteiger partial charge in [-0.2, -0.15) is 0 Å². The molecule has 0 bridgehead atoms. The lowest BCUT2D eigenvalue weighted by Crippen LogP contribution is -2.51. The first-order valence-corrected chi connectivity index (χ1v) is 8.13. The van der Waals surface area contributed by atoms with Crippen LogP contribution in [0.25, 0.3) is 0 Å². The Morgan fingerprint density at radius 1 is 1.21 bits per heavy atom. The van der Waals surface area contributed by atoms with E-state index >= 15 is 0 Å². The summed E-state index contributed by atoms with van der Waals surface area (Å²) >= 11 is 0. The zero-order valence-corrected chi connectivity index (χ0v) is 13.2. The molecule has 0 aromatic rings. The van der Waals surface area contributed by atoms with Crippen LogP contribution in [-0.4, -0.2) is 36.0 Å². The third-order valence-electron chi connectivity index (χ3n) is 4.09. The van der Waals surface area contributed by atoms with Gasteiger partial charge in [0.05, 0.1) is 6.04 Å². The Morgan fingerprint density at radius 3 is 2.47 bits per heavy atom. The van der Waals surface area contributed by atoms with Gasteiger partial charge >= 0.3 is 0 Å². The zero-order chi connectivity index (χ0) is 14.3. The largest absolute Gasteiger partial charge is 0.338 e. The van der Waals surface area contributed by atoms with Gasteiger partial charge in [0, 0.05) is 12.6 Å². The zero-order valence-electron chi connectivity index (χ0n) is 13.2. The molecule has 0 aromatic carbocycles. The van der Waals surface area contributed by atoms with Gasteiger partial charge in [-0.25, -0.2) is 0 Å². The van der Waals surface area contributed by atoms with E-state index in [-0.39, 0.29) is 6.04 Å². The molecule has 1 aliphatic rings. The Balaban J connectivity index is 2.73. The van der Waals surface area contributed by atoms with Crippen LogP contribution >= 0.6 is 0 Å². The van der Waals surface area contributed by atoms with Crippen LogP contribution in [0, 0.1) is 5.92 Å². The number of amides is 1. The minimum Gasteiger partial charge on any atom is -0.338 e. The quantitative estimate of drug-likeness (QED) is 0.802. The van der Waals surface area contributed by atoms with Gasteiger partial charge in [-0.05, 0) is 38.1 Å². The minimum atomic E-state index is 0.0573. The number of carbonyl (C=O) groups is 1. The predicted octanol–water partition coefficient (Wildman–Crippen LogP) is 3.19. The average molecular weight is 268 g/mol. The van der Waals surface area contributed by atoms with Crippen LogP contribution < -0.4 is 5.32 Å². The van der Waals surface area contributed by atoms with Gasteiger partial charge in [0.1, 0.15) is 0 Å². The summed E-state index contributed by atoms with van der Waals surface area (Å²) in [6.45, 7) is 10.7. The topological polar surface area (TPSA) is 32.3 Å². The van der Waals surface area contributed by atoms with E-state index in [2.05, 4.69) is 37.9 Å². The number of carbonyl (C=O) groups excluding carboxylic acids is 1. The van der Waals surface area contributed by atoms with Crippen LogP contribution in [0.3, 0.4) is 0 Å². The Kier molecular flexibility index (Phi) is 7.44. The van der Waals surface area contributed by atoms with Gasteiger partial charge in [0.25, 0.3) is 0 Å². The van der Waals surface area contributed by atoms with Crippen molar-refractivity contribution in [3.05, 3.63) is 0 Å². The summed E-state index contributed by atoms with van der Waals surface area (Å²) in [7, 11) is 0. The highest BCUT2D eigenvalue weighted by Crippen LogP contribution is 2.17. The third-order valence-corrected chi connectivity index (χ3v) is 4.09. The molecular weight excluding hydrogens is 236 g/mol. The monoisotopic (exact) mass is 268 g/mol. The predicted molar refractivity (Wildman–Crippen MR) is 81.2 cm³/mol. The molecule has 112 valence electrons. The summed E-state index contributed by atoms with van der Waals surface area (Å²) in [5, 5.41) is 3.45. The average Bonchev–Trinajstić information content (AvgIpc) is 2.66.